The second-order valence-corrected chi connectivity index (χ2v) is 7.76. The first-order valence-electron chi connectivity index (χ1n) is 10.8. The van der Waals surface area contributed by atoms with Crippen molar-refractivity contribution in [1.82, 2.24) is 20.2 Å². The highest BCUT2D eigenvalue weighted by molar-refractivity contribution is 6.02. The van der Waals surface area contributed by atoms with E-state index in [1.807, 2.05) is 73.1 Å². The number of H-pyrrole nitrogens is 2. The molecule has 0 aliphatic heterocycles. The number of nitrogens with zero attached hydrogens (tertiary/aromatic N) is 4. The van der Waals surface area contributed by atoms with Gasteiger partial charge in [0.05, 0.1) is 12.4 Å². The van der Waals surface area contributed by atoms with E-state index in [2.05, 4.69) is 53.4 Å². The fourth-order valence-electron chi connectivity index (χ4n) is 4.00. The Morgan fingerprint density at radius 2 is 0.971 bits per heavy atom. The second kappa shape index (κ2) is 8.51. The fraction of sp³-hybridized carbons (Fsp3) is 0. The van der Waals surface area contributed by atoms with Crippen molar-refractivity contribution >= 4 is 56.6 Å². The number of nitrogens with one attached hydrogen (secondary N) is 4. The lowest BCUT2D eigenvalue weighted by Crippen LogP contribution is -2.01. The molecule has 6 aromatic rings. The van der Waals surface area contributed by atoms with Gasteiger partial charge in [0.15, 0.2) is 11.6 Å². The first-order chi connectivity index (χ1) is 16.9. The Morgan fingerprint density at radius 3 is 1.44 bits per heavy atom. The average molecular weight is 445 g/mol. The minimum absolute atomic E-state index is 0.567. The largest absolute Gasteiger partial charge is 0.361 e. The quantitative estimate of drug-likeness (QED) is 0.201. The summed E-state index contributed by atoms with van der Waals surface area (Å²) in [6.45, 7) is 0. The number of rotatable bonds is 6. The number of aromatic amines is 2. The van der Waals surface area contributed by atoms with Crippen LogP contribution in [-0.2, 0) is 0 Å². The molecule has 0 spiro atoms. The minimum atomic E-state index is 0.567. The summed E-state index contributed by atoms with van der Waals surface area (Å²) >= 11 is 0. The lowest BCUT2D eigenvalue weighted by Gasteiger charge is -2.07. The number of hydrogen-bond acceptors (Lipinski definition) is 6. The molecule has 0 aliphatic carbocycles. The summed E-state index contributed by atoms with van der Waals surface area (Å²) in [5, 5.41) is 21.4. The number of aromatic nitrogens is 4. The molecule has 6 rings (SSSR count). The summed E-state index contributed by atoms with van der Waals surface area (Å²) in [4.78, 5) is 6.49. The van der Waals surface area contributed by atoms with Crippen LogP contribution >= 0.6 is 0 Å². The molecule has 0 amide bonds. The maximum atomic E-state index is 4.39. The van der Waals surface area contributed by atoms with E-state index in [0.717, 1.165) is 43.7 Å². The zero-order valence-corrected chi connectivity index (χ0v) is 18.0. The van der Waals surface area contributed by atoms with Crippen LogP contribution in [0.2, 0.25) is 0 Å². The van der Waals surface area contributed by atoms with E-state index in [1.54, 1.807) is 12.4 Å². The second-order valence-electron chi connectivity index (χ2n) is 7.76. The summed E-state index contributed by atoms with van der Waals surface area (Å²) in [6, 6.07) is 24.1. The van der Waals surface area contributed by atoms with E-state index in [-0.39, 0.29) is 0 Å². The average Bonchev–Trinajstić information content (AvgIpc) is 3.49. The predicted octanol–water partition coefficient (Wildman–Crippen LogP) is 5.48. The van der Waals surface area contributed by atoms with Crippen LogP contribution in [0.3, 0.4) is 0 Å². The van der Waals surface area contributed by atoms with Gasteiger partial charge in [-0.2, -0.15) is 10.2 Å². The lowest BCUT2D eigenvalue weighted by atomic mass is 10.2. The highest BCUT2D eigenvalue weighted by atomic mass is 15.4. The maximum absolute atomic E-state index is 4.39. The topological polar surface area (TPSA) is 106 Å². The Morgan fingerprint density at radius 1 is 0.559 bits per heavy atom. The third-order valence-corrected chi connectivity index (χ3v) is 5.68. The van der Waals surface area contributed by atoms with Crippen LogP contribution in [-0.4, -0.2) is 32.6 Å². The van der Waals surface area contributed by atoms with Crippen LogP contribution in [0, 0.1) is 0 Å². The summed E-state index contributed by atoms with van der Waals surface area (Å²) in [7, 11) is 0. The van der Waals surface area contributed by atoms with Gasteiger partial charge >= 0.3 is 0 Å². The van der Waals surface area contributed by atoms with Crippen LogP contribution in [0.25, 0.3) is 32.6 Å². The highest BCUT2D eigenvalue weighted by Gasteiger charge is 2.08. The van der Waals surface area contributed by atoms with Crippen molar-refractivity contribution in [2.45, 2.75) is 0 Å². The fourth-order valence-corrected chi connectivity index (χ4v) is 4.00. The van der Waals surface area contributed by atoms with Crippen LogP contribution < -0.4 is 10.9 Å². The molecule has 164 valence electrons. The van der Waals surface area contributed by atoms with Crippen LogP contribution in [0.5, 0.6) is 0 Å². The molecule has 3 heterocycles. The van der Waals surface area contributed by atoms with E-state index >= 15 is 0 Å². The van der Waals surface area contributed by atoms with E-state index < -0.39 is 0 Å². The molecule has 0 aliphatic rings. The van der Waals surface area contributed by atoms with E-state index in [1.165, 1.54) is 0 Å². The number of benzene rings is 3. The van der Waals surface area contributed by atoms with Crippen molar-refractivity contribution < 1.29 is 0 Å². The van der Waals surface area contributed by atoms with Gasteiger partial charge in [-0.1, -0.05) is 60.7 Å². The van der Waals surface area contributed by atoms with Crippen molar-refractivity contribution in [1.29, 1.82) is 0 Å². The summed E-state index contributed by atoms with van der Waals surface area (Å²) in [5.41, 5.74) is 10.2. The van der Waals surface area contributed by atoms with Crippen molar-refractivity contribution in [3.8, 4) is 0 Å². The first kappa shape index (κ1) is 19.7. The number of hydrogen-bond donors (Lipinski definition) is 4. The molecule has 0 saturated carbocycles. The van der Waals surface area contributed by atoms with Gasteiger partial charge in [-0.05, 0) is 12.1 Å². The molecule has 8 nitrogen and oxygen atoms in total. The zero-order valence-electron chi connectivity index (χ0n) is 18.0. The van der Waals surface area contributed by atoms with Crippen LogP contribution in [0.4, 0.5) is 11.6 Å². The summed E-state index contributed by atoms with van der Waals surface area (Å²) in [5.74, 6) is 1.13. The molecule has 8 heteroatoms. The predicted molar refractivity (Wildman–Crippen MR) is 139 cm³/mol. The molecule has 3 aromatic heterocycles. The standard InChI is InChI=1S/C26H20N8/c1-2-10-22-21(9-1)25(31-29-15-17-13-27-23-11-5-3-7-19(17)23)33-34-26(22)32-30-16-18-14-28-24-12-6-4-8-20(18)24/h1-16,27-28H,(H,31,33)(H,32,34)/b29-15-,30-16-. The van der Waals surface area contributed by atoms with Gasteiger partial charge in [-0.3, -0.25) is 10.9 Å². The Kier molecular flexibility index (Phi) is 4.93. The number of fused-ring (bicyclic) bond motifs is 3. The molecular weight excluding hydrogens is 424 g/mol. The van der Waals surface area contributed by atoms with E-state index in [9.17, 15) is 0 Å². The van der Waals surface area contributed by atoms with Gasteiger partial charge in [0.25, 0.3) is 0 Å². The van der Waals surface area contributed by atoms with Gasteiger partial charge in [0.1, 0.15) is 0 Å². The Labute approximate surface area is 194 Å². The minimum Gasteiger partial charge on any atom is -0.361 e. The lowest BCUT2D eigenvalue weighted by molar-refractivity contribution is 1.03. The molecule has 0 saturated heterocycles. The molecule has 0 bridgehead atoms. The molecular formula is C26H20N8. The van der Waals surface area contributed by atoms with Crippen LogP contribution in [0.1, 0.15) is 11.1 Å². The normalized spacial score (nSPS) is 11.9. The maximum Gasteiger partial charge on any atom is 0.176 e. The third-order valence-electron chi connectivity index (χ3n) is 5.68. The number of para-hydroxylation sites is 2. The molecule has 3 aromatic carbocycles. The van der Waals surface area contributed by atoms with Crippen molar-refractivity contribution in [2.24, 2.45) is 10.2 Å². The Balaban J connectivity index is 1.24. The van der Waals surface area contributed by atoms with Gasteiger partial charge in [0, 0.05) is 56.1 Å². The van der Waals surface area contributed by atoms with Gasteiger partial charge < -0.3 is 9.97 Å². The van der Waals surface area contributed by atoms with Gasteiger partial charge in [0.2, 0.25) is 0 Å². The van der Waals surface area contributed by atoms with Crippen molar-refractivity contribution in [2.75, 3.05) is 10.9 Å². The number of anilines is 2. The summed E-state index contributed by atoms with van der Waals surface area (Å²) < 4.78 is 0. The molecule has 34 heavy (non-hydrogen) atoms. The van der Waals surface area contributed by atoms with Crippen molar-refractivity contribution in [3.63, 3.8) is 0 Å². The van der Waals surface area contributed by atoms with Crippen molar-refractivity contribution in [3.05, 3.63) is 96.3 Å². The van der Waals surface area contributed by atoms with Gasteiger partial charge in [-0.15, -0.1) is 10.2 Å². The van der Waals surface area contributed by atoms with Gasteiger partial charge in [-0.25, -0.2) is 0 Å². The molecule has 4 N–H and O–H groups in total. The Hall–Kier alpha value is -4.98. The molecule has 0 unspecified atom stereocenters. The SMILES string of the molecule is C(=N/Nc1nnc(N/N=C\c2c[nH]c3ccccc23)c2ccccc12)/c1c[nH]c2ccccc12. The van der Waals surface area contributed by atoms with E-state index in [0.29, 0.717) is 11.6 Å². The highest BCUT2D eigenvalue weighted by Crippen LogP contribution is 2.26. The monoisotopic (exact) mass is 444 g/mol. The zero-order chi connectivity index (χ0) is 22.7. The molecule has 0 radical (unpaired) electrons. The third kappa shape index (κ3) is 3.63. The summed E-state index contributed by atoms with van der Waals surface area (Å²) in [6.07, 6.45) is 7.40. The number of hydrazone groups is 2. The van der Waals surface area contributed by atoms with Crippen LogP contribution in [0.15, 0.2) is 95.4 Å². The smallest absolute Gasteiger partial charge is 0.176 e. The molecule has 0 atom stereocenters. The first-order valence-corrected chi connectivity index (χ1v) is 10.8. The Bertz CT molecular complexity index is 1550. The van der Waals surface area contributed by atoms with E-state index in [4.69, 9.17) is 0 Å². The molecule has 0 fully saturated rings.